The third-order valence-electron chi connectivity index (χ3n) is 3.70. The molecule has 0 heterocycles. The molecule has 24 heavy (non-hydrogen) atoms. The second-order valence-electron chi connectivity index (χ2n) is 7.02. The summed E-state index contributed by atoms with van der Waals surface area (Å²) in [4.78, 5) is 13.8. The molecule has 6 heteroatoms. The normalized spacial score (nSPS) is 14.3. The maximum absolute atomic E-state index is 14.2. The van der Waals surface area contributed by atoms with Crippen LogP contribution in [0.2, 0.25) is 0 Å². The van der Waals surface area contributed by atoms with Crippen molar-refractivity contribution in [3.63, 3.8) is 0 Å². The number of hydrogen-bond donors (Lipinski definition) is 1. The van der Waals surface area contributed by atoms with Crippen LogP contribution in [0.25, 0.3) is 0 Å². The molecule has 1 saturated carbocycles. The van der Waals surface area contributed by atoms with Gasteiger partial charge in [0, 0.05) is 31.2 Å². The standard InChI is InChI=1S/C18H24FN3O2/c1-18(2,3)24-17(23)21-9-10-22(15-7-8-15)12-14-6-4-5-13(11-20)16(14)19/h4-6,15H,7-10,12H2,1-3H3,(H,21,23). The van der Waals surface area contributed by atoms with Crippen LogP contribution in [0, 0.1) is 17.1 Å². The fourth-order valence-electron chi connectivity index (χ4n) is 2.45. The molecule has 0 unspecified atom stereocenters. The average Bonchev–Trinajstić information content (AvgIpc) is 3.31. The zero-order chi connectivity index (χ0) is 17.7. The number of nitrogens with zero attached hydrogens (tertiary/aromatic N) is 2. The van der Waals surface area contributed by atoms with Gasteiger partial charge in [-0.25, -0.2) is 9.18 Å². The van der Waals surface area contributed by atoms with Crippen molar-refractivity contribution in [2.24, 2.45) is 0 Å². The topological polar surface area (TPSA) is 65.4 Å². The van der Waals surface area contributed by atoms with Gasteiger partial charge in [0.2, 0.25) is 0 Å². The fraction of sp³-hybridized carbons (Fsp3) is 0.556. The summed E-state index contributed by atoms with van der Waals surface area (Å²) in [5, 5.41) is 11.7. The number of halogens is 1. The largest absolute Gasteiger partial charge is 0.444 e. The van der Waals surface area contributed by atoms with Crippen molar-refractivity contribution in [3.05, 3.63) is 35.1 Å². The van der Waals surface area contributed by atoms with Crippen molar-refractivity contribution in [1.82, 2.24) is 10.2 Å². The maximum atomic E-state index is 14.2. The number of benzene rings is 1. The molecular formula is C18H24FN3O2. The van der Waals surface area contributed by atoms with E-state index in [-0.39, 0.29) is 5.56 Å². The number of hydrogen-bond acceptors (Lipinski definition) is 4. The molecule has 1 aliphatic rings. The van der Waals surface area contributed by atoms with Crippen LogP contribution < -0.4 is 5.32 Å². The van der Waals surface area contributed by atoms with Gasteiger partial charge in [0.25, 0.3) is 0 Å². The predicted molar refractivity (Wildman–Crippen MR) is 88.8 cm³/mol. The van der Waals surface area contributed by atoms with Crippen molar-refractivity contribution >= 4 is 6.09 Å². The highest BCUT2D eigenvalue weighted by molar-refractivity contribution is 5.67. The number of nitrogens with one attached hydrogen (secondary N) is 1. The summed E-state index contributed by atoms with van der Waals surface area (Å²) in [5.74, 6) is -0.453. The summed E-state index contributed by atoms with van der Waals surface area (Å²) >= 11 is 0. The first-order chi connectivity index (χ1) is 11.3. The second kappa shape index (κ2) is 7.63. The Morgan fingerprint density at radius 2 is 2.17 bits per heavy atom. The molecule has 0 aromatic heterocycles. The molecular weight excluding hydrogens is 309 g/mol. The lowest BCUT2D eigenvalue weighted by Crippen LogP contribution is -2.38. The summed E-state index contributed by atoms with van der Waals surface area (Å²) < 4.78 is 19.4. The summed E-state index contributed by atoms with van der Waals surface area (Å²) in [5.41, 5.74) is 0.0505. The Bertz CT molecular complexity index is 630. The Labute approximate surface area is 142 Å². The molecule has 0 radical (unpaired) electrons. The molecule has 1 aromatic carbocycles. The molecule has 0 bridgehead atoms. The first kappa shape index (κ1) is 18.2. The first-order valence-corrected chi connectivity index (χ1v) is 8.18. The van der Waals surface area contributed by atoms with E-state index in [9.17, 15) is 9.18 Å². The van der Waals surface area contributed by atoms with Crippen LogP contribution in [0.5, 0.6) is 0 Å². The number of carbonyl (C=O) groups excluding carboxylic acids is 1. The molecule has 0 aliphatic heterocycles. The molecule has 2 rings (SSSR count). The van der Waals surface area contributed by atoms with Crippen LogP contribution in [-0.2, 0) is 11.3 Å². The van der Waals surface area contributed by atoms with Crippen LogP contribution in [0.3, 0.4) is 0 Å². The zero-order valence-electron chi connectivity index (χ0n) is 14.4. The molecule has 1 aliphatic carbocycles. The second-order valence-corrected chi connectivity index (χ2v) is 7.02. The Morgan fingerprint density at radius 1 is 1.46 bits per heavy atom. The van der Waals surface area contributed by atoms with Crippen molar-refractivity contribution < 1.29 is 13.9 Å². The van der Waals surface area contributed by atoms with E-state index in [1.807, 2.05) is 26.8 Å². The van der Waals surface area contributed by atoms with E-state index < -0.39 is 17.5 Å². The van der Waals surface area contributed by atoms with Gasteiger partial charge in [0.05, 0.1) is 5.56 Å². The predicted octanol–water partition coefficient (Wildman–Crippen LogP) is 3.19. The third kappa shape index (κ3) is 5.50. The van der Waals surface area contributed by atoms with E-state index in [2.05, 4.69) is 10.2 Å². The Hall–Kier alpha value is -2.13. The maximum Gasteiger partial charge on any atom is 0.407 e. The number of carbonyl (C=O) groups is 1. The highest BCUT2D eigenvalue weighted by Crippen LogP contribution is 2.28. The molecule has 1 aromatic rings. The number of ether oxygens (including phenoxy) is 1. The van der Waals surface area contributed by atoms with Gasteiger partial charge in [-0.15, -0.1) is 0 Å². The molecule has 5 nitrogen and oxygen atoms in total. The van der Waals surface area contributed by atoms with Crippen molar-refractivity contribution in [2.75, 3.05) is 13.1 Å². The summed E-state index contributed by atoms with van der Waals surface area (Å²) in [6.07, 6.45) is 1.70. The highest BCUT2D eigenvalue weighted by Gasteiger charge is 2.29. The van der Waals surface area contributed by atoms with Gasteiger partial charge in [0.1, 0.15) is 17.5 Å². The van der Waals surface area contributed by atoms with E-state index in [0.29, 0.717) is 31.2 Å². The minimum absolute atomic E-state index is 0.0649. The smallest absolute Gasteiger partial charge is 0.407 e. The summed E-state index contributed by atoms with van der Waals surface area (Å²) in [6.45, 7) is 6.92. The van der Waals surface area contributed by atoms with Gasteiger partial charge in [0.15, 0.2) is 0 Å². The van der Waals surface area contributed by atoms with Gasteiger partial charge in [-0.3, -0.25) is 4.90 Å². The van der Waals surface area contributed by atoms with Gasteiger partial charge in [-0.1, -0.05) is 12.1 Å². The molecule has 0 spiro atoms. The van der Waals surface area contributed by atoms with Crippen molar-refractivity contribution in [3.8, 4) is 6.07 Å². The number of rotatable bonds is 6. The fourth-order valence-corrected chi connectivity index (χ4v) is 2.45. The van der Waals surface area contributed by atoms with Gasteiger partial charge in [-0.05, 0) is 39.7 Å². The number of alkyl carbamates (subject to hydrolysis) is 1. The monoisotopic (exact) mass is 333 g/mol. The highest BCUT2D eigenvalue weighted by atomic mass is 19.1. The SMILES string of the molecule is CC(C)(C)OC(=O)NCCN(Cc1cccc(C#N)c1F)C1CC1. The zero-order valence-corrected chi connectivity index (χ0v) is 14.4. The molecule has 1 fully saturated rings. The van der Waals surface area contributed by atoms with Crippen molar-refractivity contribution in [2.45, 2.75) is 51.8 Å². The molecule has 130 valence electrons. The van der Waals surface area contributed by atoms with Crippen LogP contribution >= 0.6 is 0 Å². The quantitative estimate of drug-likeness (QED) is 0.868. The summed E-state index contributed by atoms with van der Waals surface area (Å²) in [6, 6.07) is 7.15. The molecule has 1 N–H and O–H groups in total. The lowest BCUT2D eigenvalue weighted by atomic mass is 10.1. The average molecular weight is 333 g/mol. The number of amides is 1. The Kier molecular flexibility index (Phi) is 5.79. The molecule has 0 atom stereocenters. The Morgan fingerprint density at radius 3 is 2.75 bits per heavy atom. The third-order valence-corrected chi connectivity index (χ3v) is 3.70. The van der Waals surface area contributed by atoms with Crippen LogP contribution in [-0.4, -0.2) is 35.7 Å². The van der Waals surface area contributed by atoms with Crippen LogP contribution in [0.4, 0.5) is 9.18 Å². The van der Waals surface area contributed by atoms with Crippen LogP contribution in [0.15, 0.2) is 18.2 Å². The minimum Gasteiger partial charge on any atom is -0.444 e. The Balaban J connectivity index is 1.90. The van der Waals surface area contributed by atoms with Gasteiger partial charge in [-0.2, -0.15) is 5.26 Å². The molecule has 1 amide bonds. The van der Waals surface area contributed by atoms with Crippen LogP contribution in [0.1, 0.15) is 44.7 Å². The first-order valence-electron chi connectivity index (χ1n) is 8.18. The van der Waals surface area contributed by atoms with E-state index in [1.54, 1.807) is 12.1 Å². The summed E-state index contributed by atoms with van der Waals surface area (Å²) in [7, 11) is 0. The molecule has 0 saturated heterocycles. The van der Waals surface area contributed by atoms with E-state index >= 15 is 0 Å². The van der Waals surface area contributed by atoms with Crippen molar-refractivity contribution in [1.29, 1.82) is 5.26 Å². The lowest BCUT2D eigenvalue weighted by molar-refractivity contribution is 0.0520. The minimum atomic E-state index is -0.527. The van der Waals surface area contributed by atoms with E-state index in [4.69, 9.17) is 10.00 Å². The van der Waals surface area contributed by atoms with Gasteiger partial charge < -0.3 is 10.1 Å². The van der Waals surface area contributed by atoms with E-state index in [0.717, 1.165) is 12.8 Å². The van der Waals surface area contributed by atoms with E-state index in [1.165, 1.54) is 6.07 Å². The lowest BCUT2D eigenvalue weighted by Gasteiger charge is -2.24. The number of nitriles is 1. The van der Waals surface area contributed by atoms with Gasteiger partial charge >= 0.3 is 6.09 Å².